The Morgan fingerprint density at radius 3 is 2.65 bits per heavy atom. The van der Waals surface area contributed by atoms with Crippen molar-refractivity contribution < 1.29 is 14.0 Å². The zero-order chi connectivity index (χ0) is 15.1. The number of amidine groups is 1. The van der Waals surface area contributed by atoms with Crippen molar-refractivity contribution in [2.45, 2.75) is 26.8 Å². The van der Waals surface area contributed by atoms with Crippen LogP contribution in [0.3, 0.4) is 0 Å². The Kier molecular flexibility index (Phi) is 6.38. The lowest BCUT2D eigenvalue weighted by Gasteiger charge is -2.24. The van der Waals surface area contributed by atoms with E-state index in [1.54, 1.807) is 0 Å². The van der Waals surface area contributed by atoms with Crippen LogP contribution >= 0.6 is 0 Å². The first kappa shape index (κ1) is 16.4. The van der Waals surface area contributed by atoms with Crippen molar-refractivity contribution in [3.05, 3.63) is 35.4 Å². The Labute approximate surface area is 117 Å². The number of nitrogens with two attached hydrogens (primary N) is 1. The van der Waals surface area contributed by atoms with Gasteiger partial charge in [-0.1, -0.05) is 25.1 Å². The van der Waals surface area contributed by atoms with Crippen LogP contribution < -0.4 is 5.73 Å². The molecule has 0 aromatic heterocycles. The van der Waals surface area contributed by atoms with Crippen molar-refractivity contribution in [3.63, 3.8) is 0 Å². The number of benzene rings is 1. The maximum Gasteiger partial charge on any atom is 0.140 e. The van der Waals surface area contributed by atoms with Crippen LogP contribution in [0.4, 0.5) is 8.78 Å². The van der Waals surface area contributed by atoms with Crippen LogP contribution in [0.25, 0.3) is 0 Å². The van der Waals surface area contributed by atoms with Gasteiger partial charge in [-0.25, -0.2) is 8.78 Å². The summed E-state index contributed by atoms with van der Waals surface area (Å²) in [6.07, 6.45) is 0.395. The third kappa shape index (κ3) is 5.52. The highest BCUT2D eigenvalue weighted by Crippen LogP contribution is 2.13. The van der Waals surface area contributed by atoms with Gasteiger partial charge in [-0.05, 0) is 12.0 Å². The molecule has 0 aliphatic carbocycles. The molecular weight excluding hydrogens is 264 g/mol. The number of rotatable bonds is 7. The summed E-state index contributed by atoms with van der Waals surface area (Å²) < 4.78 is 26.5. The molecule has 0 saturated carbocycles. The standard InChI is InChI=1S/C14H21F2N3O/c1-10(2)8-19(6-5-14(17)18-20)9-11-3-4-12(15)7-13(11)16/h3-4,7,10,20H,5-6,8-9H2,1-2H3,(H2,17,18). The summed E-state index contributed by atoms with van der Waals surface area (Å²) in [6, 6.07) is 3.57. The van der Waals surface area contributed by atoms with Crippen molar-refractivity contribution in [1.82, 2.24) is 4.90 Å². The molecule has 0 amide bonds. The summed E-state index contributed by atoms with van der Waals surface area (Å²) in [5.41, 5.74) is 5.88. The molecule has 0 heterocycles. The van der Waals surface area contributed by atoms with Gasteiger partial charge >= 0.3 is 0 Å². The third-order valence-electron chi connectivity index (χ3n) is 2.85. The van der Waals surface area contributed by atoms with Gasteiger partial charge in [0.25, 0.3) is 0 Å². The van der Waals surface area contributed by atoms with Crippen LogP contribution in [0.2, 0.25) is 0 Å². The summed E-state index contributed by atoms with van der Waals surface area (Å²) in [6.45, 7) is 5.76. The maximum atomic E-state index is 13.7. The molecule has 0 spiro atoms. The third-order valence-corrected chi connectivity index (χ3v) is 2.85. The molecule has 4 nitrogen and oxygen atoms in total. The fourth-order valence-electron chi connectivity index (χ4n) is 1.96. The second-order valence-electron chi connectivity index (χ2n) is 5.21. The average molecular weight is 285 g/mol. The first-order valence-electron chi connectivity index (χ1n) is 6.55. The summed E-state index contributed by atoms with van der Waals surface area (Å²) >= 11 is 0. The molecule has 3 N–H and O–H groups in total. The fourth-order valence-corrected chi connectivity index (χ4v) is 1.96. The van der Waals surface area contributed by atoms with Crippen molar-refractivity contribution in [1.29, 1.82) is 0 Å². The van der Waals surface area contributed by atoms with E-state index in [0.29, 0.717) is 31.0 Å². The minimum absolute atomic E-state index is 0.137. The van der Waals surface area contributed by atoms with E-state index in [2.05, 4.69) is 19.0 Å². The van der Waals surface area contributed by atoms with Gasteiger partial charge in [-0.2, -0.15) is 0 Å². The zero-order valence-corrected chi connectivity index (χ0v) is 11.8. The number of nitrogens with zero attached hydrogens (tertiary/aromatic N) is 2. The Morgan fingerprint density at radius 1 is 1.40 bits per heavy atom. The quantitative estimate of drug-likeness (QED) is 0.350. The van der Waals surface area contributed by atoms with Gasteiger partial charge in [-0.15, -0.1) is 0 Å². The molecule has 0 fully saturated rings. The van der Waals surface area contributed by atoms with Crippen molar-refractivity contribution in [3.8, 4) is 0 Å². The molecule has 0 aliphatic rings. The van der Waals surface area contributed by atoms with Gasteiger partial charge in [0.05, 0.1) is 0 Å². The SMILES string of the molecule is CC(C)CN(CCC(N)=NO)Cc1ccc(F)cc1F. The lowest BCUT2D eigenvalue weighted by molar-refractivity contribution is 0.237. The molecule has 0 saturated heterocycles. The summed E-state index contributed by atoms with van der Waals surface area (Å²) in [5, 5.41) is 11.5. The molecule has 0 unspecified atom stereocenters. The van der Waals surface area contributed by atoms with Gasteiger partial charge in [0.1, 0.15) is 17.5 Å². The molecule has 0 atom stereocenters. The molecule has 20 heavy (non-hydrogen) atoms. The maximum absolute atomic E-state index is 13.7. The van der Waals surface area contributed by atoms with E-state index in [4.69, 9.17) is 10.9 Å². The van der Waals surface area contributed by atoms with Crippen molar-refractivity contribution in [2.75, 3.05) is 13.1 Å². The van der Waals surface area contributed by atoms with E-state index in [-0.39, 0.29) is 5.84 Å². The van der Waals surface area contributed by atoms with Gasteiger partial charge in [0.15, 0.2) is 0 Å². The zero-order valence-electron chi connectivity index (χ0n) is 11.8. The number of halogens is 2. The number of hydrogen-bond acceptors (Lipinski definition) is 3. The first-order chi connectivity index (χ1) is 9.42. The molecule has 0 aliphatic heterocycles. The summed E-state index contributed by atoms with van der Waals surface area (Å²) in [5.74, 6) is -0.606. The fraction of sp³-hybridized carbons (Fsp3) is 0.500. The lowest BCUT2D eigenvalue weighted by Crippen LogP contribution is -2.31. The Morgan fingerprint density at radius 2 is 2.10 bits per heavy atom. The molecule has 0 bridgehead atoms. The highest BCUT2D eigenvalue weighted by molar-refractivity contribution is 5.79. The van der Waals surface area contributed by atoms with Crippen molar-refractivity contribution in [2.24, 2.45) is 16.8 Å². The van der Waals surface area contributed by atoms with E-state index >= 15 is 0 Å². The minimum atomic E-state index is -0.585. The molecule has 1 aromatic rings. The molecular formula is C14H21F2N3O. The van der Waals surface area contributed by atoms with E-state index in [1.807, 2.05) is 4.90 Å². The largest absolute Gasteiger partial charge is 0.409 e. The number of hydrogen-bond donors (Lipinski definition) is 2. The second-order valence-corrected chi connectivity index (χ2v) is 5.21. The minimum Gasteiger partial charge on any atom is -0.409 e. The summed E-state index contributed by atoms with van der Waals surface area (Å²) in [4.78, 5) is 2.00. The van der Waals surface area contributed by atoms with Crippen LogP contribution in [-0.4, -0.2) is 29.0 Å². The molecule has 112 valence electrons. The lowest BCUT2D eigenvalue weighted by atomic mass is 10.1. The Hall–Kier alpha value is -1.69. The molecule has 0 radical (unpaired) electrons. The van der Waals surface area contributed by atoms with Crippen molar-refractivity contribution >= 4 is 5.84 Å². The first-order valence-corrected chi connectivity index (χ1v) is 6.55. The normalized spacial score (nSPS) is 12.4. The molecule has 6 heteroatoms. The van der Waals surface area contributed by atoms with Crippen LogP contribution in [-0.2, 0) is 6.54 Å². The van der Waals surface area contributed by atoms with E-state index < -0.39 is 11.6 Å². The molecule has 1 rings (SSSR count). The van der Waals surface area contributed by atoms with Crippen LogP contribution in [0.15, 0.2) is 23.4 Å². The van der Waals surface area contributed by atoms with Gasteiger partial charge in [0, 0.05) is 37.7 Å². The molecule has 1 aromatic carbocycles. The Balaban J connectivity index is 2.72. The predicted octanol–water partition coefficient (Wildman–Crippen LogP) is 2.56. The van der Waals surface area contributed by atoms with Gasteiger partial charge in [0.2, 0.25) is 0 Å². The smallest absolute Gasteiger partial charge is 0.140 e. The number of oxime groups is 1. The van der Waals surface area contributed by atoms with Crippen LogP contribution in [0.5, 0.6) is 0 Å². The van der Waals surface area contributed by atoms with Gasteiger partial charge in [-0.3, -0.25) is 4.90 Å². The van der Waals surface area contributed by atoms with Crippen LogP contribution in [0, 0.1) is 17.6 Å². The highest BCUT2D eigenvalue weighted by Gasteiger charge is 2.12. The second kappa shape index (κ2) is 7.79. The van der Waals surface area contributed by atoms with Crippen LogP contribution in [0.1, 0.15) is 25.8 Å². The predicted molar refractivity (Wildman–Crippen MR) is 74.5 cm³/mol. The van der Waals surface area contributed by atoms with Gasteiger partial charge < -0.3 is 10.9 Å². The van der Waals surface area contributed by atoms with E-state index in [0.717, 1.165) is 12.6 Å². The van der Waals surface area contributed by atoms with E-state index in [9.17, 15) is 8.78 Å². The summed E-state index contributed by atoms with van der Waals surface area (Å²) in [7, 11) is 0. The van der Waals surface area contributed by atoms with E-state index in [1.165, 1.54) is 12.1 Å². The monoisotopic (exact) mass is 285 g/mol. The Bertz CT molecular complexity index is 464. The topological polar surface area (TPSA) is 61.8 Å². The highest BCUT2D eigenvalue weighted by atomic mass is 19.1. The average Bonchev–Trinajstić information content (AvgIpc) is 2.38.